The maximum atomic E-state index is 11.8. The van der Waals surface area contributed by atoms with E-state index in [2.05, 4.69) is 4.74 Å². The maximum absolute atomic E-state index is 11.8. The summed E-state index contributed by atoms with van der Waals surface area (Å²) in [6.07, 6.45) is -1.42. The SMILES string of the molecule is Cl.O=C(OC[Si](F)(F)F)c1ccccc1. The Hall–Kier alpha value is -1.01. The fourth-order valence-corrected chi connectivity index (χ4v) is 1.10. The third kappa shape index (κ3) is 5.43. The Bertz CT molecular complexity index is 315. The van der Waals surface area contributed by atoms with Gasteiger partial charge in [0.25, 0.3) is 0 Å². The number of halogens is 4. The van der Waals surface area contributed by atoms with Gasteiger partial charge in [-0.15, -0.1) is 12.4 Å². The molecule has 0 aromatic heterocycles. The standard InChI is InChI=1S/C8H7F3O2Si.ClH/c9-14(10,11)6-13-8(12)7-4-2-1-3-5-7;/h1-5H,6H2;1H. The zero-order chi connectivity index (χ0) is 10.6. The van der Waals surface area contributed by atoms with Crippen molar-refractivity contribution < 1.29 is 21.9 Å². The van der Waals surface area contributed by atoms with Crippen molar-refractivity contribution in [3.63, 3.8) is 0 Å². The second-order valence-electron chi connectivity index (χ2n) is 2.56. The van der Waals surface area contributed by atoms with Gasteiger partial charge in [-0.25, -0.2) is 17.1 Å². The molecule has 0 heterocycles. The van der Waals surface area contributed by atoms with Crippen molar-refractivity contribution in [2.75, 3.05) is 6.23 Å². The van der Waals surface area contributed by atoms with Gasteiger partial charge < -0.3 is 4.74 Å². The molecule has 1 rings (SSSR count). The molecular weight excluding hydrogens is 249 g/mol. The van der Waals surface area contributed by atoms with Crippen LogP contribution in [0.1, 0.15) is 10.4 Å². The monoisotopic (exact) mass is 256 g/mol. The largest absolute Gasteiger partial charge is 0.656 e. The molecule has 0 amide bonds. The highest BCUT2D eigenvalue weighted by atomic mass is 35.5. The summed E-state index contributed by atoms with van der Waals surface area (Å²) in [6.45, 7) is 0. The van der Waals surface area contributed by atoms with Gasteiger partial charge in [0.2, 0.25) is 0 Å². The second kappa shape index (κ2) is 5.77. The molecule has 0 bridgehead atoms. The molecule has 0 N–H and O–H groups in total. The molecule has 0 fully saturated rings. The summed E-state index contributed by atoms with van der Waals surface area (Å²) in [4.78, 5) is 11.0. The van der Waals surface area contributed by atoms with Crippen molar-refractivity contribution in [1.82, 2.24) is 0 Å². The predicted octanol–water partition coefficient (Wildman–Crippen LogP) is 2.65. The van der Waals surface area contributed by atoms with E-state index in [4.69, 9.17) is 0 Å². The van der Waals surface area contributed by atoms with Crippen molar-refractivity contribution in [3.8, 4) is 0 Å². The molecule has 0 aliphatic carbocycles. The molecule has 2 nitrogen and oxygen atoms in total. The highest BCUT2D eigenvalue weighted by Crippen LogP contribution is 2.10. The van der Waals surface area contributed by atoms with Crippen molar-refractivity contribution in [1.29, 1.82) is 0 Å². The van der Waals surface area contributed by atoms with Gasteiger partial charge in [-0.2, -0.15) is 0 Å². The van der Waals surface area contributed by atoms with Crippen LogP contribution in [0, 0.1) is 0 Å². The Morgan fingerprint density at radius 3 is 2.20 bits per heavy atom. The molecule has 0 unspecified atom stereocenters. The summed E-state index contributed by atoms with van der Waals surface area (Å²) >= 11 is 0. The van der Waals surface area contributed by atoms with Crippen molar-refractivity contribution in [2.45, 2.75) is 0 Å². The van der Waals surface area contributed by atoms with Gasteiger partial charge in [-0.1, -0.05) is 18.2 Å². The lowest BCUT2D eigenvalue weighted by atomic mass is 10.2. The molecule has 84 valence electrons. The first-order chi connectivity index (χ1) is 6.49. The molecule has 0 aliphatic heterocycles. The van der Waals surface area contributed by atoms with Crippen LogP contribution in [-0.2, 0) is 4.74 Å². The van der Waals surface area contributed by atoms with E-state index in [0.717, 1.165) is 0 Å². The van der Waals surface area contributed by atoms with Crippen LogP contribution in [0.2, 0.25) is 0 Å². The van der Waals surface area contributed by atoms with E-state index in [-0.39, 0.29) is 18.0 Å². The van der Waals surface area contributed by atoms with Gasteiger partial charge in [0.15, 0.2) is 6.23 Å². The summed E-state index contributed by atoms with van der Waals surface area (Å²) in [5.74, 6) is -0.935. The van der Waals surface area contributed by atoms with Crippen LogP contribution in [0.15, 0.2) is 30.3 Å². The first kappa shape index (κ1) is 14.0. The van der Waals surface area contributed by atoms with E-state index in [1.54, 1.807) is 18.2 Å². The summed E-state index contributed by atoms with van der Waals surface area (Å²) in [5.41, 5.74) is 0.130. The minimum absolute atomic E-state index is 0. The molecular formula is C8H8ClF3O2Si. The third-order valence-corrected chi connectivity index (χ3v) is 1.85. The number of carbonyl (C=O) groups excluding carboxylic acids is 1. The lowest BCUT2D eigenvalue weighted by molar-refractivity contribution is 0.0537. The van der Waals surface area contributed by atoms with Crippen LogP contribution >= 0.6 is 12.4 Å². The Morgan fingerprint density at radius 1 is 1.20 bits per heavy atom. The Labute approximate surface area is 92.0 Å². The Balaban J connectivity index is 0.00000196. The minimum Gasteiger partial charge on any atom is -0.457 e. The van der Waals surface area contributed by atoms with Crippen LogP contribution in [0.5, 0.6) is 0 Å². The summed E-state index contributed by atoms with van der Waals surface area (Å²) < 4.78 is 39.5. The minimum atomic E-state index is -5.80. The van der Waals surface area contributed by atoms with Gasteiger partial charge >= 0.3 is 15.0 Å². The number of benzene rings is 1. The molecule has 1 aromatic rings. The van der Waals surface area contributed by atoms with Crippen LogP contribution in [0.25, 0.3) is 0 Å². The topological polar surface area (TPSA) is 26.3 Å². The summed E-state index contributed by atoms with van der Waals surface area (Å²) in [5, 5.41) is 0. The van der Waals surface area contributed by atoms with Crippen LogP contribution in [-0.4, -0.2) is 21.3 Å². The number of ether oxygens (including phenoxy) is 1. The van der Waals surface area contributed by atoms with Gasteiger partial charge in [0, 0.05) is 0 Å². The van der Waals surface area contributed by atoms with E-state index in [0.29, 0.717) is 0 Å². The molecule has 0 atom stereocenters. The molecule has 0 aliphatic rings. The third-order valence-electron chi connectivity index (χ3n) is 1.38. The Morgan fingerprint density at radius 2 is 1.73 bits per heavy atom. The summed E-state index contributed by atoms with van der Waals surface area (Å²) in [6, 6.07) is 7.58. The van der Waals surface area contributed by atoms with Gasteiger partial charge in [0.1, 0.15) is 0 Å². The number of esters is 1. The first-order valence-electron chi connectivity index (χ1n) is 3.78. The number of hydrogen-bond acceptors (Lipinski definition) is 2. The maximum Gasteiger partial charge on any atom is 0.656 e. The van der Waals surface area contributed by atoms with E-state index < -0.39 is 21.3 Å². The normalized spacial score (nSPS) is 10.3. The molecule has 15 heavy (non-hydrogen) atoms. The van der Waals surface area contributed by atoms with Crippen molar-refractivity contribution >= 4 is 27.5 Å². The fraction of sp³-hybridized carbons (Fsp3) is 0.125. The van der Waals surface area contributed by atoms with E-state index >= 15 is 0 Å². The van der Waals surface area contributed by atoms with Crippen molar-refractivity contribution in [2.24, 2.45) is 0 Å². The first-order valence-corrected chi connectivity index (χ1v) is 5.62. The quantitative estimate of drug-likeness (QED) is 0.472. The van der Waals surface area contributed by atoms with Crippen LogP contribution in [0.3, 0.4) is 0 Å². The average molecular weight is 257 g/mol. The van der Waals surface area contributed by atoms with Crippen LogP contribution in [0.4, 0.5) is 12.3 Å². The molecule has 0 radical (unpaired) electrons. The summed E-state index contributed by atoms with van der Waals surface area (Å²) in [7, 11) is -5.80. The second-order valence-corrected chi connectivity index (χ2v) is 4.08. The smallest absolute Gasteiger partial charge is 0.457 e. The van der Waals surface area contributed by atoms with Gasteiger partial charge in [-0.05, 0) is 12.1 Å². The van der Waals surface area contributed by atoms with Crippen LogP contribution < -0.4 is 0 Å². The average Bonchev–Trinajstić information content (AvgIpc) is 2.14. The van der Waals surface area contributed by atoms with E-state index in [1.165, 1.54) is 12.1 Å². The zero-order valence-corrected chi connectivity index (χ0v) is 9.27. The highest BCUT2D eigenvalue weighted by Gasteiger charge is 2.39. The van der Waals surface area contributed by atoms with Gasteiger partial charge in [-0.3, -0.25) is 0 Å². The highest BCUT2D eigenvalue weighted by molar-refractivity contribution is 6.58. The van der Waals surface area contributed by atoms with Gasteiger partial charge in [0.05, 0.1) is 5.56 Å². The molecule has 0 spiro atoms. The number of carbonyl (C=O) groups is 1. The lowest BCUT2D eigenvalue weighted by Gasteiger charge is -2.04. The fourth-order valence-electron chi connectivity index (χ4n) is 0.805. The number of rotatable bonds is 3. The zero-order valence-electron chi connectivity index (χ0n) is 7.45. The van der Waals surface area contributed by atoms with E-state index in [9.17, 15) is 17.1 Å². The Kier molecular flexibility index (Phi) is 5.38. The molecule has 1 aromatic carbocycles. The number of hydrogen-bond donors (Lipinski definition) is 0. The predicted molar refractivity (Wildman–Crippen MR) is 53.1 cm³/mol. The van der Waals surface area contributed by atoms with Crippen molar-refractivity contribution in [3.05, 3.63) is 35.9 Å². The van der Waals surface area contributed by atoms with E-state index in [1.807, 2.05) is 0 Å². The lowest BCUT2D eigenvalue weighted by Crippen LogP contribution is -2.26. The molecule has 0 saturated carbocycles. The molecule has 7 heteroatoms. The molecule has 0 saturated heterocycles.